The van der Waals surface area contributed by atoms with E-state index in [1.807, 2.05) is 33.1 Å². The fourth-order valence-corrected chi connectivity index (χ4v) is 9.80. The lowest BCUT2D eigenvalue weighted by Crippen LogP contribution is -2.48. The molecule has 3 saturated carbocycles. The van der Waals surface area contributed by atoms with Crippen LogP contribution in [0.1, 0.15) is 79.1 Å². The highest BCUT2D eigenvalue weighted by molar-refractivity contribution is 7.11. The summed E-state index contributed by atoms with van der Waals surface area (Å²) >= 11 is 8.13. The number of ether oxygens (including phenoxy) is 5. The smallest absolute Gasteiger partial charge is 0.312 e. The third-order valence-electron chi connectivity index (χ3n) is 12.2. The topological polar surface area (TPSA) is 143 Å². The van der Waals surface area contributed by atoms with Crippen molar-refractivity contribution in [1.82, 2.24) is 14.9 Å². The number of rotatable bonds is 14. The van der Waals surface area contributed by atoms with Crippen LogP contribution >= 0.6 is 22.9 Å². The van der Waals surface area contributed by atoms with E-state index < -0.39 is 40.8 Å². The molecule has 1 aromatic carbocycles. The van der Waals surface area contributed by atoms with Crippen molar-refractivity contribution in [2.75, 3.05) is 27.9 Å². The molecule has 3 aromatic rings. The quantitative estimate of drug-likeness (QED) is 0.152. The number of amides is 1. The average molecular weight is 796 g/mol. The van der Waals surface area contributed by atoms with E-state index in [-0.39, 0.29) is 49.5 Å². The van der Waals surface area contributed by atoms with E-state index in [2.05, 4.69) is 4.98 Å². The summed E-state index contributed by atoms with van der Waals surface area (Å²) in [6.07, 6.45) is 3.55. The molecule has 55 heavy (non-hydrogen) atoms. The highest BCUT2D eigenvalue weighted by Crippen LogP contribution is 2.58. The maximum absolute atomic E-state index is 14.8. The zero-order valence-electron chi connectivity index (χ0n) is 32.5. The molecule has 2 unspecified atom stereocenters. The number of carbonyl (C=O) groups is 4. The van der Waals surface area contributed by atoms with E-state index in [1.165, 1.54) is 32.0 Å². The molecule has 4 aliphatic rings. The third kappa shape index (κ3) is 7.75. The number of ketones is 1. The number of Topliss-reactive ketones (excluding diaryl/α,β-unsaturated/α-hetero) is 1. The van der Waals surface area contributed by atoms with Gasteiger partial charge in [0, 0.05) is 29.7 Å². The van der Waals surface area contributed by atoms with Gasteiger partial charge in [0.05, 0.1) is 62.9 Å². The number of fused-ring (bicyclic) bond motifs is 2. The predicted octanol–water partition coefficient (Wildman–Crippen LogP) is 7.32. The molecule has 1 saturated heterocycles. The van der Waals surface area contributed by atoms with Gasteiger partial charge in [0.1, 0.15) is 34.4 Å². The minimum Gasteiger partial charge on any atom is -0.495 e. The second-order valence-electron chi connectivity index (χ2n) is 16.7. The molecule has 12 nitrogen and oxygen atoms in total. The van der Waals surface area contributed by atoms with Crippen LogP contribution in [0.25, 0.3) is 22.3 Å². The first-order chi connectivity index (χ1) is 26.2. The van der Waals surface area contributed by atoms with Crippen molar-refractivity contribution in [3.05, 3.63) is 28.6 Å². The number of hydrogen-bond acceptors (Lipinski definition) is 12. The zero-order valence-corrected chi connectivity index (χ0v) is 34.1. The lowest BCUT2D eigenvalue weighted by atomic mass is 9.77. The highest BCUT2D eigenvalue weighted by Gasteiger charge is 2.62. The van der Waals surface area contributed by atoms with Gasteiger partial charge in [-0.2, -0.15) is 0 Å². The number of esters is 2. The van der Waals surface area contributed by atoms with Gasteiger partial charge in [-0.3, -0.25) is 19.2 Å². The van der Waals surface area contributed by atoms with Crippen molar-refractivity contribution >= 4 is 57.5 Å². The molecule has 8 atom stereocenters. The molecule has 3 aliphatic carbocycles. The number of methoxy groups -OCH3 is 3. The fraction of sp³-hybridized carbons (Fsp3) is 0.610. The van der Waals surface area contributed by atoms with Crippen LogP contribution < -0.4 is 14.2 Å². The van der Waals surface area contributed by atoms with Gasteiger partial charge in [0.25, 0.3) is 5.19 Å². The predicted molar refractivity (Wildman–Crippen MR) is 206 cm³/mol. The first kappa shape index (κ1) is 39.3. The summed E-state index contributed by atoms with van der Waals surface area (Å²) in [5.74, 6) is 0.0730. The van der Waals surface area contributed by atoms with Crippen LogP contribution in [0.4, 0.5) is 0 Å². The van der Waals surface area contributed by atoms with Gasteiger partial charge in [-0.15, -0.1) is 0 Å². The summed E-state index contributed by atoms with van der Waals surface area (Å²) in [6, 6.07) is 4.42. The first-order valence-corrected chi connectivity index (χ1v) is 20.4. The monoisotopic (exact) mass is 795 g/mol. The van der Waals surface area contributed by atoms with Crippen molar-refractivity contribution in [1.29, 1.82) is 0 Å². The molecule has 7 rings (SSSR count). The van der Waals surface area contributed by atoms with E-state index in [0.717, 1.165) is 19.3 Å². The Morgan fingerprint density at radius 2 is 1.73 bits per heavy atom. The Hall–Kier alpha value is -3.97. The minimum absolute atomic E-state index is 0.0212. The van der Waals surface area contributed by atoms with Crippen LogP contribution in [-0.2, 0) is 28.7 Å². The molecule has 2 aromatic heterocycles. The number of likely N-dealkylation sites (tertiary alicyclic amines) is 1. The van der Waals surface area contributed by atoms with E-state index >= 15 is 0 Å². The molecule has 296 valence electrons. The summed E-state index contributed by atoms with van der Waals surface area (Å²) in [5.41, 5.74) is -0.0612. The number of hydrogen-bond donors (Lipinski definition) is 0. The lowest BCUT2D eigenvalue weighted by Gasteiger charge is -2.35. The largest absolute Gasteiger partial charge is 0.495 e. The van der Waals surface area contributed by atoms with Crippen molar-refractivity contribution in [2.24, 2.45) is 34.5 Å². The number of thiazole rings is 1. The SMILES string of the molecule is CC[C@@H]1C[C@]1(CC(=O)[C@@H]1C[C@@H](Oc2cc(-c3csc(OC)n3)nc3c(Cl)c(OC)ccc23)CN1C(=O)C(CC(=O)OC1C[C@@H]2C[C@@H]2C1)C(C)(C)C)C(=O)OC. The van der Waals surface area contributed by atoms with Crippen molar-refractivity contribution in [3.63, 3.8) is 0 Å². The maximum atomic E-state index is 14.8. The maximum Gasteiger partial charge on any atom is 0.312 e. The number of nitrogens with zero attached hydrogens (tertiary/aromatic N) is 3. The molecular weight excluding hydrogens is 746 g/mol. The Kier molecular flexibility index (Phi) is 10.8. The molecular formula is C41H50ClN3O9S. The fourth-order valence-electron chi connectivity index (χ4n) is 8.88. The van der Waals surface area contributed by atoms with E-state index in [4.69, 9.17) is 40.3 Å². The van der Waals surface area contributed by atoms with Gasteiger partial charge in [-0.1, -0.05) is 57.1 Å². The number of aromatic nitrogens is 2. The summed E-state index contributed by atoms with van der Waals surface area (Å²) in [7, 11) is 4.41. The van der Waals surface area contributed by atoms with E-state index in [9.17, 15) is 19.2 Å². The molecule has 3 heterocycles. The number of halogens is 1. The van der Waals surface area contributed by atoms with Gasteiger partial charge in [-0.25, -0.2) is 9.97 Å². The second kappa shape index (κ2) is 15.2. The van der Waals surface area contributed by atoms with Gasteiger partial charge in [0.2, 0.25) is 5.91 Å². The van der Waals surface area contributed by atoms with Crippen molar-refractivity contribution in [3.8, 4) is 28.1 Å². The van der Waals surface area contributed by atoms with Crippen molar-refractivity contribution in [2.45, 2.75) is 97.3 Å². The highest BCUT2D eigenvalue weighted by atomic mass is 35.5. The Bertz CT molecular complexity index is 1990. The molecule has 0 radical (unpaired) electrons. The summed E-state index contributed by atoms with van der Waals surface area (Å²) < 4.78 is 28.6. The molecule has 14 heteroatoms. The first-order valence-electron chi connectivity index (χ1n) is 19.1. The Labute approximate surface area is 330 Å². The normalized spacial score (nSPS) is 27.3. The van der Waals surface area contributed by atoms with Crippen LogP contribution in [0.5, 0.6) is 16.7 Å². The molecule has 1 aliphatic heterocycles. The van der Waals surface area contributed by atoms with Gasteiger partial charge >= 0.3 is 11.9 Å². The van der Waals surface area contributed by atoms with Crippen LogP contribution in [0, 0.1) is 34.5 Å². The van der Waals surface area contributed by atoms with Crippen LogP contribution in [0.3, 0.4) is 0 Å². The molecule has 4 fully saturated rings. The number of benzene rings is 1. The van der Waals surface area contributed by atoms with Gasteiger partial charge in [0.15, 0.2) is 5.78 Å². The standard InChI is InChI=1S/C41H50ClN3O9S/c1-8-23-17-41(23,38(49)51-6)18-31(46)30-14-25(19-45(30)37(48)27(40(2,3)4)15-34(47)54-24-12-21-11-22(21)13-24)53-33-16-28(29-20-55-39(44-29)52-7)43-36-26(33)9-10-32(50-5)35(36)42/h9-10,16,20-25,27,30H,8,11-15,17-19H2,1-7H3/t21-,22+,23-,24?,25-,27?,30+,41-/m1/s1. The van der Waals surface area contributed by atoms with Gasteiger partial charge < -0.3 is 28.6 Å². The molecule has 0 N–H and O–H groups in total. The van der Waals surface area contributed by atoms with Crippen LogP contribution in [-0.4, -0.2) is 84.6 Å². The van der Waals surface area contributed by atoms with Crippen LogP contribution in [0.15, 0.2) is 23.6 Å². The van der Waals surface area contributed by atoms with E-state index in [1.54, 1.807) is 30.2 Å². The summed E-state index contributed by atoms with van der Waals surface area (Å²) in [4.78, 5) is 66.6. The number of pyridine rings is 1. The molecule has 0 bridgehead atoms. The van der Waals surface area contributed by atoms with E-state index in [0.29, 0.717) is 62.3 Å². The third-order valence-corrected chi connectivity index (χ3v) is 13.4. The second-order valence-corrected chi connectivity index (χ2v) is 17.9. The molecule has 1 amide bonds. The Balaban J connectivity index is 1.20. The van der Waals surface area contributed by atoms with Gasteiger partial charge in [-0.05, 0) is 61.0 Å². The minimum atomic E-state index is -0.913. The number of carbonyl (C=O) groups excluding carboxylic acids is 4. The molecule has 0 spiro atoms. The zero-order chi connectivity index (χ0) is 39.4. The lowest BCUT2D eigenvalue weighted by molar-refractivity contribution is -0.157. The van der Waals surface area contributed by atoms with Crippen molar-refractivity contribution < 1.29 is 42.9 Å². The average Bonchev–Trinajstić information content (AvgIpc) is 3.80. The summed E-state index contributed by atoms with van der Waals surface area (Å²) in [5, 5.41) is 3.19. The summed E-state index contributed by atoms with van der Waals surface area (Å²) in [6.45, 7) is 7.85. The van der Waals surface area contributed by atoms with Crippen LogP contribution in [0.2, 0.25) is 5.02 Å². The Morgan fingerprint density at radius 3 is 2.35 bits per heavy atom. The Morgan fingerprint density at radius 1 is 0.982 bits per heavy atom.